The summed E-state index contributed by atoms with van der Waals surface area (Å²) in [6.07, 6.45) is -3.02. The molecule has 1 fully saturated rings. The number of hydrogen-bond acceptors (Lipinski definition) is 4. The van der Waals surface area contributed by atoms with E-state index in [1.54, 1.807) is 11.8 Å². The van der Waals surface area contributed by atoms with Gasteiger partial charge in [0, 0.05) is 41.4 Å². The molecular formula is C21H17ClF3N3OS. The minimum absolute atomic E-state index is 0.0885. The van der Waals surface area contributed by atoms with E-state index in [1.807, 2.05) is 29.2 Å². The zero-order valence-corrected chi connectivity index (χ0v) is 17.2. The highest BCUT2D eigenvalue weighted by Crippen LogP contribution is 2.38. The van der Waals surface area contributed by atoms with Gasteiger partial charge in [0.05, 0.1) is 11.3 Å². The van der Waals surface area contributed by atoms with Gasteiger partial charge in [-0.3, -0.25) is 4.79 Å². The van der Waals surface area contributed by atoms with Crippen LogP contribution in [0.3, 0.4) is 0 Å². The van der Waals surface area contributed by atoms with Crippen molar-refractivity contribution in [3.8, 4) is 5.69 Å². The Balaban J connectivity index is 1.69. The van der Waals surface area contributed by atoms with Crippen LogP contribution in [0.2, 0.25) is 5.02 Å². The summed E-state index contributed by atoms with van der Waals surface area (Å²) in [4.78, 5) is 19.0. The molecule has 1 aromatic heterocycles. The molecule has 2 heterocycles. The monoisotopic (exact) mass is 451 g/mol. The molecule has 0 radical (unpaired) electrons. The summed E-state index contributed by atoms with van der Waals surface area (Å²) in [5.74, 6) is 1.20. The van der Waals surface area contributed by atoms with Gasteiger partial charge in [0.1, 0.15) is 0 Å². The van der Waals surface area contributed by atoms with Crippen LogP contribution < -0.4 is 10.5 Å². The first-order valence-corrected chi connectivity index (χ1v) is 10.6. The quantitative estimate of drug-likeness (QED) is 0.548. The lowest BCUT2D eigenvalue weighted by Crippen LogP contribution is -2.38. The smallest absolute Gasteiger partial charge is 0.340 e. The van der Waals surface area contributed by atoms with Gasteiger partial charge in [-0.1, -0.05) is 29.8 Å². The molecule has 9 heteroatoms. The van der Waals surface area contributed by atoms with Crippen LogP contribution in [0.25, 0.3) is 5.69 Å². The molecule has 0 saturated carbocycles. The minimum Gasteiger partial charge on any atom is -0.340 e. The Morgan fingerprint density at radius 2 is 1.80 bits per heavy atom. The first-order valence-electron chi connectivity index (χ1n) is 9.21. The van der Waals surface area contributed by atoms with E-state index in [1.165, 1.54) is 29.0 Å². The Morgan fingerprint density at radius 1 is 1.07 bits per heavy atom. The predicted molar refractivity (Wildman–Crippen MR) is 114 cm³/mol. The molecule has 3 aromatic rings. The molecule has 156 valence electrons. The van der Waals surface area contributed by atoms with E-state index in [-0.39, 0.29) is 10.8 Å². The Kier molecular flexibility index (Phi) is 5.79. The lowest BCUT2D eigenvalue weighted by Gasteiger charge is -2.34. The van der Waals surface area contributed by atoms with E-state index < -0.39 is 11.7 Å². The normalized spacial score (nSPS) is 17.2. The van der Waals surface area contributed by atoms with Crippen LogP contribution in [-0.2, 0) is 6.18 Å². The largest absolute Gasteiger partial charge is 0.416 e. The molecule has 0 aliphatic carbocycles. The molecule has 1 saturated heterocycles. The van der Waals surface area contributed by atoms with Crippen molar-refractivity contribution in [3.63, 3.8) is 0 Å². The fraction of sp³-hybridized carbons (Fsp3) is 0.238. The van der Waals surface area contributed by atoms with Gasteiger partial charge in [-0.25, -0.2) is 9.55 Å². The van der Waals surface area contributed by atoms with E-state index >= 15 is 0 Å². The minimum atomic E-state index is -4.44. The van der Waals surface area contributed by atoms with Crippen molar-refractivity contribution in [2.45, 2.75) is 11.4 Å². The number of thioether (sulfide) groups is 1. The van der Waals surface area contributed by atoms with Crippen molar-refractivity contribution in [2.75, 3.05) is 23.7 Å². The summed E-state index contributed by atoms with van der Waals surface area (Å²) in [5, 5.41) is 0.767. The van der Waals surface area contributed by atoms with Crippen LogP contribution in [0.5, 0.6) is 0 Å². The molecule has 0 amide bonds. The number of nitrogens with zero attached hydrogens (tertiary/aromatic N) is 3. The topological polar surface area (TPSA) is 38.1 Å². The Hall–Kier alpha value is -2.45. The molecule has 0 spiro atoms. The zero-order valence-electron chi connectivity index (χ0n) is 15.6. The number of aromatic nitrogens is 2. The number of alkyl halides is 3. The molecule has 0 bridgehead atoms. The van der Waals surface area contributed by atoms with E-state index in [9.17, 15) is 18.0 Å². The van der Waals surface area contributed by atoms with Crippen molar-refractivity contribution < 1.29 is 13.2 Å². The van der Waals surface area contributed by atoms with Crippen LogP contribution in [0.4, 0.5) is 19.1 Å². The third kappa shape index (κ3) is 4.20. The summed E-state index contributed by atoms with van der Waals surface area (Å²) < 4.78 is 40.1. The summed E-state index contributed by atoms with van der Waals surface area (Å²) in [5.41, 5.74) is 0.224. The Morgan fingerprint density at radius 3 is 2.50 bits per heavy atom. The van der Waals surface area contributed by atoms with Gasteiger partial charge in [-0.15, -0.1) is 0 Å². The molecular weight excluding hydrogens is 435 g/mol. The fourth-order valence-corrected chi connectivity index (χ4v) is 5.03. The van der Waals surface area contributed by atoms with Gasteiger partial charge in [-0.05, 0) is 35.9 Å². The molecule has 1 atom stereocenters. The second kappa shape index (κ2) is 8.35. The third-order valence-electron chi connectivity index (χ3n) is 4.88. The van der Waals surface area contributed by atoms with Crippen LogP contribution in [-0.4, -0.2) is 28.4 Å². The van der Waals surface area contributed by atoms with E-state index in [0.29, 0.717) is 29.7 Å². The van der Waals surface area contributed by atoms with Crippen molar-refractivity contribution >= 4 is 29.3 Å². The molecule has 2 aromatic carbocycles. The van der Waals surface area contributed by atoms with Crippen molar-refractivity contribution in [1.29, 1.82) is 0 Å². The summed E-state index contributed by atoms with van der Waals surface area (Å²) >= 11 is 8.13. The first kappa shape index (κ1) is 20.8. The highest BCUT2D eigenvalue weighted by molar-refractivity contribution is 7.99. The van der Waals surface area contributed by atoms with Gasteiger partial charge in [0.25, 0.3) is 5.56 Å². The van der Waals surface area contributed by atoms with Gasteiger partial charge in [-0.2, -0.15) is 24.9 Å². The zero-order chi connectivity index (χ0) is 21.3. The summed E-state index contributed by atoms with van der Waals surface area (Å²) in [6.45, 7) is 1.23. The average Bonchev–Trinajstić information content (AvgIpc) is 2.73. The van der Waals surface area contributed by atoms with E-state index in [4.69, 9.17) is 11.6 Å². The number of hydrogen-bond donors (Lipinski definition) is 0. The van der Waals surface area contributed by atoms with Crippen molar-refractivity contribution in [1.82, 2.24) is 9.55 Å². The van der Waals surface area contributed by atoms with Crippen LogP contribution in [0.1, 0.15) is 16.4 Å². The maximum absolute atomic E-state index is 12.9. The molecule has 0 N–H and O–H groups in total. The molecule has 1 aliphatic rings. The second-order valence-electron chi connectivity index (χ2n) is 6.79. The standard InChI is InChI=1S/C21H17ClF3N3OS/c22-17-4-2-1-3-16(17)18-13-27(11-12-30-18)20-26-10-9-19(29)28(20)15-7-5-14(6-8-15)21(23,24)25/h1-10,18H,11-13H2. The molecule has 4 rings (SSSR count). The van der Waals surface area contributed by atoms with E-state index in [0.717, 1.165) is 23.4 Å². The maximum Gasteiger partial charge on any atom is 0.416 e. The molecule has 30 heavy (non-hydrogen) atoms. The van der Waals surface area contributed by atoms with Crippen molar-refractivity contribution in [2.24, 2.45) is 0 Å². The number of benzene rings is 2. The lowest BCUT2D eigenvalue weighted by atomic mass is 10.1. The Bertz CT molecular complexity index is 1100. The lowest BCUT2D eigenvalue weighted by molar-refractivity contribution is -0.137. The van der Waals surface area contributed by atoms with Gasteiger partial charge >= 0.3 is 6.18 Å². The van der Waals surface area contributed by atoms with Crippen molar-refractivity contribution in [3.05, 3.63) is 87.3 Å². The fourth-order valence-electron chi connectivity index (χ4n) is 3.42. The highest BCUT2D eigenvalue weighted by atomic mass is 35.5. The van der Waals surface area contributed by atoms with Crippen LogP contribution >= 0.6 is 23.4 Å². The number of halogens is 4. The maximum atomic E-state index is 12.9. The highest BCUT2D eigenvalue weighted by Gasteiger charge is 2.30. The first-order chi connectivity index (χ1) is 14.3. The number of rotatable bonds is 3. The van der Waals surface area contributed by atoms with E-state index in [2.05, 4.69) is 4.98 Å². The van der Waals surface area contributed by atoms with Gasteiger partial charge < -0.3 is 4.90 Å². The third-order valence-corrected chi connectivity index (χ3v) is 6.45. The average molecular weight is 452 g/mol. The SMILES string of the molecule is O=c1ccnc(N2CCSC(c3ccccc3Cl)C2)n1-c1ccc(C(F)(F)F)cc1. The Labute approximate surface area is 180 Å². The number of anilines is 1. The van der Waals surface area contributed by atoms with Crippen LogP contribution in [0.15, 0.2) is 65.6 Å². The molecule has 4 nitrogen and oxygen atoms in total. The van der Waals surface area contributed by atoms with Gasteiger partial charge in [0.2, 0.25) is 5.95 Å². The molecule has 1 aliphatic heterocycles. The van der Waals surface area contributed by atoms with Gasteiger partial charge in [0.15, 0.2) is 0 Å². The molecule has 1 unspecified atom stereocenters. The second-order valence-corrected chi connectivity index (χ2v) is 8.51. The summed E-state index contributed by atoms with van der Waals surface area (Å²) in [7, 11) is 0. The predicted octanol–water partition coefficient (Wildman–Crippen LogP) is 5.20. The summed E-state index contributed by atoms with van der Waals surface area (Å²) in [6, 6.07) is 13.4. The van der Waals surface area contributed by atoms with Crippen LogP contribution in [0, 0.1) is 0 Å².